The lowest BCUT2D eigenvalue weighted by Gasteiger charge is -2.07. The van der Waals surface area contributed by atoms with Gasteiger partial charge >= 0.3 is 0 Å². The van der Waals surface area contributed by atoms with Crippen molar-refractivity contribution in [3.63, 3.8) is 0 Å². The summed E-state index contributed by atoms with van der Waals surface area (Å²) in [4.78, 5) is 23.4. The van der Waals surface area contributed by atoms with Gasteiger partial charge in [-0.25, -0.2) is 8.42 Å². The van der Waals surface area contributed by atoms with E-state index in [1.807, 2.05) is 0 Å². The Bertz CT molecular complexity index is 633. The van der Waals surface area contributed by atoms with Gasteiger partial charge in [-0.15, -0.1) is 0 Å². The molecule has 1 aromatic rings. The van der Waals surface area contributed by atoms with Gasteiger partial charge in [-0.1, -0.05) is 0 Å². The molecule has 0 bridgehead atoms. The number of hydrogen-bond acceptors (Lipinski definition) is 4. The number of anilines is 1. The average molecular weight is 310 g/mol. The van der Waals surface area contributed by atoms with Crippen LogP contribution in [-0.4, -0.2) is 38.3 Å². The lowest BCUT2D eigenvalue weighted by molar-refractivity contribution is -0.115. The van der Waals surface area contributed by atoms with Crippen LogP contribution in [0.2, 0.25) is 0 Å². The number of benzene rings is 1. The van der Waals surface area contributed by atoms with Crippen LogP contribution in [0.4, 0.5) is 5.69 Å². The van der Waals surface area contributed by atoms with E-state index in [0.29, 0.717) is 17.3 Å². The molecule has 0 aliphatic heterocycles. The van der Waals surface area contributed by atoms with Gasteiger partial charge in [0.2, 0.25) is 5.91 Å². The van der Waals surface area contributed by atoms with Crippen LogP contribution in [0, 0.1) is 0 Å². The van der Waals surface area contributed by atoms with Crippen molar-refractivity contribution in [1.29, 1.82) is 0 Å². The summed E-state index contributed by atoms with van der Waals surface area (Å²) in [6.45, 7) is 0. The zero-order valence-electron chi connectivity index (χ0n) is 11.8. The average Bonchev–Trinajstić information content (AvgIpc) is 3.20. The highest BCUT2D eigenvalue weighted by atomic mass is 32.2. The Morgan fingerprint density at radius 1 is 1.19 bits per heavy atom. The SMILES string of the molecule is CS(=O)(=O)CCC(=O)Nc1ccc(C(=O)NC2CC2)cc1. The van der Waals surface area contributed by atoms with Gasteiger partial charge < -0.3 is 10.6 Å². The van der Waals surface area contributed by atoms with Crippen molar-refractivity contribution in [2.45, 2.75) is 25.3 Å². The predicted octanol–water partition coefficient (Wildman–Crippen LogP) is 0.952. The zero-order chi connectivity index (χ0) is 15.5. The van der Waals surface area contributed by atoms with Crippen molar-refractivity contribution in [3.05, 3.63) is 29.8 Å². The lowest BCUT2D eigenvalue weighted by atomic mass is 10.2. The second kappa shape index (κ2) is 6.26. The number of carbonyl (C=O) groups is 2. The second-order valence-corrected chi connectivity index (χ2v) is 7.51. The molecule has 0 radical (unpaired) electrons. The Morgan fingerprint density at radius 2 is 1.81 bits per heavy atom. The van der Waals surface area contributed by atoms with Gasteiger partial charge in [0.25, 0.3) is 5.91 Å². The van der Waals surface area contributed by atoms with E-state index in [-0.39, 0.29) is 24.0 Å². The molecule has 1 aliphatic rings. The van der Waals surface area contributed by atoms with Gasteiger partial charge in [0.05, 0.1) is 5.75 Å². The van der Waals surface area contributed by atoms with Crippen molar-refractivity contribution in [3.8, 4) is 0 Å². The number of hydrogen-bond donors (Lipinski definition) is 2. The smallest absolute Gasteiger partial charge is 0.251 e. The quantitative estimate of drug-likeness (QED) is 0.818. The van der Waals surface area contributed by atoms with Gasteiger partial charge in [-0.3, -0.25) is 9.59 Å². The van der Waals surface area contributed by atoms with E-state index < -0.39 is 9.84 Å². The van der Waals surface area contributed by atoms with Crippen LogP contribution in [0.15, 0.2) is 24.3 Å². The van der Waals surface area contributed by atoms with Crippen LogP contribution in [0.5, 0.6) is 0 Å². The molecule has 0 heterocycles. The Kier molecular flexibility index (Phi) is 4.62. The summed E-state index contributed by atoms with van der Waals surface area (Å²) in [6.07, 6.45) is 3.07. The first-order valence-corrected chi connectivity index (χ1v) is 8.78. The van der Waals surface area contributed by atoms with Crippen LogP contribution < -0.4 is 10.6 Å². The van der Waals surface area contributed by atoms with Gasteiger partial charge in [0, 0.05) is 30.0 Å². The molecule has 0 saturated heterocycles. The number of rotatable bonds is 6. The van der Waals surface area contributed by atoms with Crippen molar-refractivity contribution in [2.75, 3.05) is 17.3 Å². The molecule has 7 heteroatoms. The molecule has 0 spiro atoms. The summed E-state index contributed by atoms with van der Waals surface area (Å²) in [6, 6.07) is 6.81. The highest BCUT2D eigenvalue weighted by Gasteiger charge is 2.23. The highest BCUT2D eigenvalue weighted by Crippen LogP contribution is 2.19. The summed E-state index contributed by atoms with van der Waals surface area (Å²) in [5.74, 6) is -0.663. The van der Waals surface area contributed by atoms with Crippen molar-refractivity contribution >= 4 is 27.3 Å². The summed E-state index contributed by atoms with van der Waals surface area (Å²) >= 11 is 0. The Labute approximate surface area is 123 Å². The van der Waals surface area contributed by atoms with Gasteiger partial charge in [0.15, 0.2) is 0 Å². The molecule has 0 atom stereocenters. The fourth-order valence-electron chi connectivity index (χ4n) is 1.70. The first-order chi connectivity index (χ1) is 9.83. The second-order valence-electron chi connectivity index (χ2n) is 5.25. The molecule has 1 aromatic carbocycles. The summed E-state index contributed by atoms with van der Waals surface area (Å²) in [5, 5.41) is 5.47. The van der Waals surface area contributed by atoms with E-state index in [2.05, 4.69) is 10.6 Å². The van der Waals surface area contributed by atoms with Crippen molar-refractivity contribution in [2.24, 2.45) is 0 Å². The molecule has 2 N–H and O–H groups in total. The van der Waals surface area contributed by atoms with E-state index in [1.165, 1.54) is 0 Å². The first kappa shape index (κ1) is 15.5. The Morgan fingerprint density at radius 3 is 2.33 bits per heavy atom. The predicted molar refractivity (Wildman–Crippen MR) is 79.9 cm³/mol. The molecule has 6 nitrogen and oxygen atoms in total. The van der Waals surface area contributed by atoms with E-state index in [0.717, 1.165) is 19.1 Å². The maximum Gasteiger partial charge on any atom is 0.251 e. The molecule has 1 saturated carbocycles. The molecule has 1 fully saturated rings. The standard InChI is InChI=1S/C14H18N2O4S/c1-21(19,20)9-8-13(17)15-11-4-2-10(3-5-11)14(18)16-12-6-7-12/h2-5,12H,6-9H2,1H3,(H,15,17)(H,16,18). The third-order valence-corrected chi connectivity index (χ3v) is 3.99. The van der Waals surface area contributed by atoms with Crippen molar-refractivity contribution in [1.82, 2.24) is 5.32 Å². The third kappa shape index (κ3) is 5.55. The molecule has 2 amide bonds. The fourth-order valence-corrected chi connectivity index (χ4v) is 2.26. The molecule has 0 aromatic heterocycles. The van der Waals surface area contributed by atoms with E-state index in [1.54, 1.807) is 24.3 Å². The molecule has 21 heavy (non-hydrogen) atoms. The minimum Gasteiger partial charge on any atom is -0.349 e. The molecular formula is C14H18N2O4S. The third-order valence-electron chi connectivity index (χ3n) is 3.04. The summed E-state index contributed by atoms with van der Waals surface area (Å²) in [5.41, 5.74) is 1.08. The molecule has 0 unspecified atom stereocenters. The van der Waals surface area contributed by atoms with Crippen molar-refractivity contribution < 1.29 is 18.0 Å². The van der Waals surface area contributed by atoms with Crippen LogP contribution in [0.3, 0.4) is 0 Å². The minimum absolute atomic E-state index is 0.0806. The largest absolute Gasteiger partial charge is 0.349 e. The van der Waals surface area contributed by atoms with Crippen LogP contribution in [0.1, 0.15) is 29.6 Å². The maximum atomic E-state index is 11.8. The summed E-state index contributed by atoms with van der Waals surface area (Å²) in [7, 11) is -3.15. The number of carbonyl (C=O) groups excluding carboxylic acids is 2. The molecular weight excluding hydrogens is 292 g/mol. The van der Waals surface area contributed by atoms with E-state index in [4.69, 9.17) is 0 Å². The number of nitrogens with one attached hydrogen (secondary N) is 2. The molecule has 1 aliphatic carbocycles. The van der Waals surface area contributed by atoms with E-state index >= 15 is 0 Å². The van der Waals surface area contributed by atoms with Crippen LogP contribution in [-0.2, 0) is 14.6 Å². The minimum atomic E-state index is -3.15. The van der Waals surface area contributed by atoms with Crippen LogP contribution in [0.25, 0.3) is 0 Å². The fraction of sp³-hybridized carbons (Fsp3) is 0.429. The van der Waals surface area contributed by atoms with Gasteiger partial charge in [-0.05, 0) is 37.1 Å². The van der Waals surface area contributed by atoms with Gasteiger partial charge in [-0.2, -0.15) is 0 Å². The van der Waals surface area contributed by atoms with Crippen LogP contribution >= 0.6 is 0 Å². The summed E-state index contributed by atoms with van der Waals surface area (Å²) < 4.78 is 22.0. The number of sulfone groups is 1. The first-order valence-electron chi connectivity index (χ1n) is 6.72. The van der Waals surface area contributed by atoms with E-state index in [9.17, 15) is 18.0 Å². The molecule has 2 rings (SSSR count). The van der Waals surface area contributed by atoms with Gasteiger partial charge in [0.1, 0.15) is 9.84 Å². The maximum absolute atomic E-state index is 11.8. The highest BCUT2D eigenvalue weighted by molar-refractivity contribution is 7.90. The Hall–Kier alpha value is -1.89. The zero-order valence-corrected chi connectivity index (χ0v) is 12.6. The molecule has 114 valence electrons. The monoisotopic (exact) mass is 310 g/mol. The normalized spacial score (nSPS) is 14.5. The Balaban J connectivity index is 1.86. The lowest BCUT2D eigenvalue weighted by Crippen LogP contribution is -2.25. The number of amides is 2. The topological polar surface area (TPSA) is 92.3 Å².